The maximum atomic E-state index is 13.3. The third kappa shape index (κ3) is 4.34. The molecule has 1 saturated heterocycles. The van der Waals surface area contributed by atoms with Gasteiger partial charge in [0.05, 0.1) is 9.38 Å². The van der Waals surface area contributed by atoms with Gasteiger partial charge in [-0.25, -0.2) is 4.39 Å². The molecular weight excluding hydrogens is 447 g/mol. The molecule has 0 aliphatic carbocycles. The number of carbonyl (C=O) groups excluding carboxylic acids is 3. The molecular formula is C20H16BrFN2O3S. The Morgan fingerprint density at radius 2 is 1.89 bits per heavy atom. The second kappa shape index (κ2) is 8.28. The highest BCUT2D eigenvalue weighted by Gasteiger charge is 2.36. The summed E-state index contributed by atoms with van der Waals surface area (Å²) in [4.78, 5) is 38.2. The van der Waals surface area contributed by atoms with Crippen LogP contribution in [0.2, 0.25) is 0 Å². The lowest BCUT2D eigenvalue weighted by atomic mass is 10.1. The summed E-state index contributed by atoms with van der Waals surface area (Å²) in [7, 11) is 0. The summed E-state index contributed by atoms with van der Waals surface area (Å²) < 4.78 is 13.6. The summed E-state index contributed by atoms with van der Waals surface area (Å²) in [6.45, 7) is 3.36. The van der Waals surface area contributed by atoms with Crippen molar-refractivity contribution in [2.24, 2.45) is 0 Å². The molecule has 1 heterocycles. The van der Waals surface area contributed by atoms with Crippen molar-refractivity contribution >= 4 is 56.5 Å². The van der Waals surface area contributed by atoms with Crippen LogP contribution in [0.3, 0.4) is 0 Å². The van der Waals surface area contributed by atoms with E-state index in [0.29, 0.717) is 11.3 Å². The van der Waals surface area contributed by atoms with Gasteiger partial charge < -0.3 is 5.32 Å². The number of hydrogen-bond acceptors (Lipinski definition) is 4. The summed E-state index contributed by atoms with van der Waals surface area (Å²) in [5.74, 6) is -1.42. The normalized spacial score (nSPS) is 15.4. The zero-order chi connectivity index (χ0) is 20.4. The van der Waals surface area contributed by atoms with E-state index in [1.807, 2.05) is 32.0 Å². The van der Waals surface area contributed by atoms with Crippen LogP contribution in [0, 0.1) is 19.7 Å². The van der Waals surface area contributed by atoms with E-state index in [1.165, 1.54) is 24.3 Å². The minimum absolute atomic E-state index is 0.184. The molecule has 0 saturated carbocycles. The minimum Gasteiger partial charge on any atom is -0.324 e. The molecule has 0 bridgehead atoms. The predicted molar refractivity (Wildman–Crippen MR) is 111 cm³/mol. The predicted octanol–water partition coefficient (Wildman–Crippen LogP) is 4.88. The van der Waals surface area contributed by atoms with E-state index in [4.69, 9.17) is 0 Å². The third-order valence-corrected chi connectivity index (χ3v) is 5.68. The van der Waals surface area contributed by atoms with Crippen molar-refractivity contribution < 1.29 is 18.8 Å². The number of anilines is 1. The molecule has 0 unspecified atom stereocenters. The highest BCUT2D eigenvalue weighted by molar-refractivity contribution is 9.10. The van der Waals surface area contributed by atoms with E-state index >= 15 is 0 Å². The Morgan fingerprint density at radius 1 is 1.21 bits per heavy atom. The minimum atomic E-state index is -0.549. The fraction of sp³-hybridized carbons (Fsp3) is 0.150. The van der Waals surface area contributed by atoms with Crippen molar-refractivity contribution in [3.63, 3.8) is 0 Å². The Bertz CT molecular complexity index is 1000. The van der Waals surface area contributed by atoms with Crippen LogP contribution < -0.4 is 5.32 Å². The average Bonchev–Trinajstić information content (AvgIpc) is 2.89. The van der Waals surface area contributed by atoms with Gasteiger partial charge in [0.1, 0.15) is 12.4 Å². The molecule has 0 aromatic heterocycles. The molecule has 2 aromatic rings. The Kier molecular flexibility index (Phi) is 6.00. The number of amides is 3. The standard InChI is InChI=1S/C20H16BrFN2O3S/c1-11-4-3-5-12(2)18(11)23-17(25)10-24-19(26)16(28-20(24)27)9-13-6-7-15(22)14(21)8-13/h3-9H,10H2,1-2H3,(H,23,25)/b16-9+. The number of nitrogens with one attached hydrogen (secondary N) is 1. The van der Waals surface area contributed by atoms with E-state index in [2.05, 4.69) is 21.2 Å². The van der Waals surface area contributed by atoms with Crippen molar-refractivity contribution in [3.05, 3.63) is 68.3 Å². The van der Waals surface area contributed by atoms with E-state index in [-0.39, 0.29) is 15.9 Å². The fourth-order valence-electron chi connectivity index (χ4n) is 2.72. The molecule has 0 radical (unpaired) electrons. The Morgan fingerprint density at radius 3 is 2.54 bits per heavy atom. The lowest BCUT2D eigenvalue weighted by Gasteiger charge is -2.15. The van der Waals surface area contributed by atoms with Crippen LogP contribution in [0.1, 0.15) is 16.7 Å². The van der Waals surface area contributed by atoms with Crippen LogP contribution >= 0.6 is 27.7 Å². The monoisotopic (exact) mass is 462 g/mol. The second-order valence-corrected chi connectivity index (χ2v) is 8.10. The average molecular weight is 463 g/mol. The van der Waals surface area contributed by atoms with Crippen molar-refractivity contribution in [2.45, 2.75) is 13.8 Å². The van der Waals surface area contributed by atoms with Gasteiger partial charge in [-0.15, -0.1) is 0 Å². The lowest BCUT2D eigenvalue weighted by Crippen LogP contribution is -2.36. The van der Waals surface area contributed by atoms with Gasteiger partial charge in [0.2, 0.25) is 5.91 Å². The number of nitrogens with zero attached hydrogens (tertiary/aromatic N) is 1. The molecule has 3 amide bonds. The van der Waals surface area contributed by atoms with Crippen molar-refractivity contribution in [1.82, 2.24) is 4.90 Å². The number of aryl methyl sites for hydroxylation is 2. The van der Waals surface area contributed by atoms with E-state index < -0.39 is 22.9 Å². The van der Waals surface area contributed by atoms with Gasteiger partial charge in [-0.2, -0.15) is 0 Å². The molecule has 144 valence electrons. The first-order valence-electron chi connectivity index (χ1n) is 8.32. The summed E-state index contributed by atoms with van der Waals surface area (Å²) >= 11 is 3.83. The smallest absolute Gasteiger partial charge is 0.294 e. The Balaban J connectivity index is 1.74. The molecule has 0 atom stereocenters. The number of hydrogen-bond donors (Lipinski definition) is 1. The third-order valence-electron chi connectivity index (χ3n) is 4.16. The van der Waals surface area contributed by atoms with E-state index in [0.717, 1.165) is 27.8 Å². The molecule has 3 rings (SSSR count). The van der Waals surface area contributed by atoms with Crippen LogP contribution in [0.5, 0.6) is 0 Å². The largest absolute Gasteiger partial charge is 0.324 e. The van der Waals surface area contributed by atoms with Crippen molar-refractivity contribution in [1.29, 1.82) is 0 Å². The first kappa shape index (κ1) is 20.3. The number of imide groups is 1. The van der Waals surface area contributed by atoms with Crippen molar-refractivity contribution in [3.8, 4) is 0 Å². The lowest BCUT2D eigenvalue weighted by molar-refractivity contribution is -0.127. The highest BCUT2D eigenvalue weighted by Crippen LogP contribution is 2.32. The van der Waals surface area contributed by atoms with E-state index in [1.54, 1.807) is 0 Å². The van der Waals surface area contributed by atoms with Gasteiger partial charge in [-0.1, -0.05) is 24.3 Å². The quantitative estimate of drug-likeness (QED) is 0.657. The Labute approximate surface area is 174 Å². The first-order chi connectivity index (χ1) is 13.3. The van der Waals surface area contributed by atoms with Gasteiger partial charge in [-0.3, -0.25) is 19.3 Å². The van der Waals surface area contributed by atoms with Crippen molar-refractivity contribution in [2.75, 3.05) is 11.9 Å². The number of para-hydroxylation sites is 1. The maximum Gasteiger partial charge on any atom is 0.294 e. The summed E-state index contributed by atoms with van der Waals surface area (Å²) in [5.41, 5.74) is 3.03. The number of thioether (sulfide) groups is 1. The summed E-state index contributed by atoms with van der Waals surface area (Å²) in [5, 5.41) is 2.24. The second-order valence-electron chi connectivity index (χ2n) is 6.26. The zero-order valence-electron chi connectivity index (χ0n) is 15.1. The number of halogens is 2. The summed E-state index contributed by atoms with van der Waals surface area (Å²) in [6.07, 6.45) is 1.50. The van der Waals surface area contributed by atoms with Crippen LogP contribution in [-0.2, 0) is 9.59 Å². The fourth-order valence-corrected chi connectivity index (χ4v) is 3.96. The molecule has 8 heteroatoms. The number of carbonyl (C=O) groups is 3. The first-order valence-corrected chi connectivity index (χ1v) is 9.93. The van der Waals surface area contributed by atoms with E-state index in [9.17, 15) is 18.8 Å². The summed E-state index contributed by atoms with van der Waals surface area (Å²) in [6, 6.07) is 9.89. The molecule has 1 aliphatic rings. The molecule has 5 nitrogen and oxygen atoms in total. The van der Waals surface area contributed by atoms with Gasteiger partial charge in [0.15, 0.2) is 0 Å². The molecule has 1 fully saturated rings. The van der Waals surface area contributed by atoms with Gasteiger partial charge in [-0.05, 0) is 76.4 Å². The molecule has 2 aromatic carbocycles. The van der Waals surface area contributed by atoms with Crippen LogP contribution in [0.4, 0.5) is 14.9 Å². The highest BCUT2D eigenvalue weighted by atomic mass is 79.9. The topological polar surface area (TPSA) is 66.5 Å². The number of benzene rings is 2. The van der Waals surface area contributed by atoms with Gasteiger partial charge >= 0.3 is 0 Å². The number of rotatable bonds is 4. The molecule has 0 spiro atoms. The van der Waals surface area contributed by atoms with Gasteiger partial charge in [0, 0.05) is 5.69 Å². The molecule has 28 heavy (non-hydrogen) atoms. The van der Waals surface area contributed by atoms with Crippen LogP contribution in [0.25, 0.3) is 6.08 Å². The molecule has 1 N–H and O–H groups in total. The van der Waals surface area contributed by atoms with Crippen LogP contribution in [-0.4, -0.2) is 28.5 Å². The van der Waals surface area contributed by atoms with Crippen LogP contribution in [0.15, 0.2) is 45.8 Å². The SMILES string of the molecule is Cc1cccc(C)c1NC(=O)CN1C(=O)S/C(=C/c2ccc(F)c(Br)c2)C1=O. The molecule has 1 aliphatic heterocycles. The maximum absolute atomic E-state index is 13.3. The Hall–Kier alpha value is -2.45. The zero-order valence-corrected chi connectivity index (χ0v) is 17.5. The van der Waals surface area contributed by atoms with Gasteiger partial charge in [0.25, 0.3) is 11.1 Å².